The Labute approximate surface area is 182 Å². The number of rotatable bonds is 6. The van der Waals surface area contributed by atoms with Gasteiger partial charge in [-0.3, -0.25) is 9.59 Å². The van der Waals surface area contributed by atoms with Gasteiger partial charge in [-0.25, -0.2) is 0 Å². The molecule has 2 aromatic carbocycles. The number of amides is 2. The van der Waals surface area contributed by atoms with E-state index in [4.69, 9.17) is 9.15 Å². The largest absolute Gasteiger partial charge is 0.497 e. The molecule has 4 rings (SSSR count). The molecule has 1 aromatic heterocycles. The molecule has 6 heteroatoms. The monoisotopic (exact) mass is 418 g/mol. The van der Waals surface area contributed by atoms with Crippen LogP contribution in [0, 0.1) is 5.92 Å². The molecule has 1 aliphatic heterocycles. The Morgan fingerprint density at radius 2 is 1.87 bits per heavy atom. The van der Waals surface area contributed by atoms with Gasteiger partial charge in [0.1, 0.15) is 5.75 Å². The van der Waals surface area contributed by atoms with Crippen LogP contribution in [-0.4, -0.2) is 48.9 Å². The number of ether oxygens (including phenoxy) is 1. The van der Waals surface area contributed by atoms with Crippen LogP contribution in [0.25, 0.3) is 0 Å². The van der Waals surface area contributed by atoms with E-state index in [1.54, 1.807) is 29.0 Å². The summed E-state index contributed by atoms with van der Waals surface area (Å²) in [4.78, 5) is 29.8. The Bertz CT molecular complexity index is 1030. The highest BCUT2D eigenvalue weighted by atomic mass is 16.5. The standard InChI is InChI=1S/C25H26N2O4/c1-26(15-18-8-4-3-5-9-18)24(28)22-17-27(25(29)23-12-7-13-31-23)16-21(22)19-10-6-11-20(14-19)30-2/h3-14,21-22H,15-17H2,1-2H3/t21-,22-/m0/s1. The second-order valence-corrected chi connectivity index (χ2v) is 7.86. The van der Waals surface area contributed by atoms with Crippen molar-refractivity contribution < 1.29 is 18.7 Å². The maximum Gasteiger partial charge on any atom is 0.289 e. The van der Waals surface area contributed by atoms with Crippen molar-refractivity contribution in [3.8, 4) is 5.75 Å². The Morgan fingerprint density at radius 3 is 2.58 bits per heavy atom. The number of methoxy groups -OCH3 is 1. The fourth-order valence-corrected chi connectivity index (χ4v) is 4.20. The van der Waals surface area contributed by atoms with Crippen LogP contribution in [0.1, 0.15) is 27.6 Å². The average Bonchev–Trinajstić information content (AvgIpc) is 3.49. The molecular formula is C25H26N2O4. The van der Waals surface area contributed by atoms with E-state index in [0.717, 1.165) is 16.9 Å². The van der Waals surface area contributed by atoms with Crippen molar-refractivity contribution in [3.63, 3.8) is 0 Å². The maximum absolute atomic E-state index is 13.5. The number of nitrogens with zero attached hydrogens (tertiary/aromatic N) is 2. The molecule has 0 radical (unpaired) electrons. The van der Waals surface area contributed by atoms with E-state index in [9.17, 15) is 9.59 Å². The molecule has 2 amide bonds. The summed E-state index contributed by atoms with van der Waals surface area (Å²) in [5.74, 6) is 0.372. The molecule has 1 fully saturated rings. The molecule has 0 saturated carbocycles. The van der Waals surface area contributed by atoms with Crippen molar-refractivity contribution >= 4 is 11.8 Å². The molecule has 0 aliphatic carbocycles. The Morgan fingerprint density at radius 1 is 1.06 bits per heavy atom. The van der Waals surface area contributed by atoms with E-state index in [1.165, 1.54) is 6.26 Å². The van der Waals surface area contributed by atoms with Crippen LogP contribution in [-0.2, 0) is 11.3 Å². The summed E-state index contributed by atoms with van der Waals surface area (Å²) in [6.07, 6.45) is 1.49. The highest BCUT2D eigenvalue weighted by molar-refractivity contribution is 5.92. The van der Waals surface area contributed by atoms with E-state index >= 15 is 0 Å². The molecule has 6 nitrogen and oxygen atoms in total. The molecule has 0 bridgehead atoms. The van der Waals surface area contributed by atoms with Gasteiger partial charge in [0.15, 0.2) is 5.76 Å². The highest BCUT2D eigenvalue weighted by Gasteiger charge is 2.42. The molecule has 160 valence electrons. The highest BCUT2D eigenvalue weighted by Crippen LogP contribution is 2.36. The van der Waals surface area contributed by atoms with Crippen LogP contribution in [0.4, 0.5) is 0 Å². The SMILES string of the molecule is COc1cccc([C@@H]2CN(C(=O)c3ccco3)C[C@@H]2C(=O)N(C)Cc2ccccc2)c1. The van der Waals surface area contributed by atoms with Crippen molar-refractivity contribution in [2.75, 3.05) is 27.2 Å². The first-order valence-electron chi connectivity index (χ1n) is 10.3. The lowest BCUT2D eigenvalue weighted by Crippen LogP contribution is -2.36. The van der Waals surface area contributed by atoms with Gasteiger partial charge in [0.05, 0.1) is 19.3 Å². The van der Waals surface area contributed by atoms with Crippen molar-refractivity contribution in [3.05, 3.63) is 89.9 Å². The molecule has 31 heavy (non-hydrogen) atoms. The first kappa shape index (κ1) is 20.7. The number of hydrogen-bond acceptors (Lipinski definition) is 4. The predicted octanol–water partition coefficient (Wildman–Crippen LogP) is 3.80. The zero-order valence-electron chi connectivity index (χ0n) is 17.7. The van der Waals surface area contributed by atoms with Gasteiger partial charge < -0.3 is 19.0 Å². The normalized spacial score (nSPS) is 18.1. The zero-order chi connectivity index (χ0) is 21.8. The smallest absolute Gasteiger partial charge is 0.289 e. The number of carbonyl (C=O) groups excluding carboxylic acids is 2. The molecule has 3 aromatic rings. The second kappa shape index (κ2) is 9.08. The van der Waals surface area contributed by atoms with Gasteiger partial charge >= 0.3 is 0 Å². The zero-order valence-corrected chi connectivity index (χ0v) is 17.7. The first-order chi connectivity index (χ1) is 15.1. The van der Waals surface area contributed by atoms with Gasteiger partial charge in [-0.15, -0.1) is 0 Å². The summed E-state index contributed by atoms with van der Waals surface area (Å²) in [6, 6.07) is 21.0. The molecule has 1 saturated heterocycles. The van der Waals surface area contributed by atoms with Crippen LogP contribution in [0.15, 0.2) is 77.4 Å². The summed E-state index contributed by atoms with van der Waals surface area (Å²) < 4.78 is 10.7. The molecule has 2 atom stereocenters. The fourth-order valence-electron chi connectivity index (χ4n) is 4.20. The van der Waals surface area contributed by atoms with Crippen LogP contribution in [0.3, 0.4) is 0 Å². The van der Waals surface area contributed by atoms with Gasteiger partial charge in [-0.2, -0.15) is 0 Å². The van der Waals surface area contributed by atoms with E-state index < -0.39 is 0 Å². The van der Waals surface area contributed by atoms with E-state index in [2.05, 4.69) is 0 Å². The minimum absolute atomic E-state index is 0.0198. The predicted molar refractivity (Wildman–Crippen MR) is 117 cm³/mol. The third-order valence-corrected chi connectivity index (χ3v) is 5.82. The molecule has 2 heterocycles. The molecule has 0 N–H and O–H groups in total. The summed E-state index contributed by atoms with van der Waals surface area (Å²) in [5, 5.41) is 0. The van der Waals surface area contributed by atoms with Crippen molar-refractivity contribution in [1.29, 1.82) is 0 Å². The minimum atomic E-state index is -0.347. The number of benzene rings is 2. The number of furan rings is 1. The summed E-state index contributed by atoms with van der Waals surface area (Å²) in [6.45, 7) is 1.31. The lowest BCUT2D eigenvalue weighted by Gasteiger charge is -2.25. The van der Waals surface area contributed by atoms with Gasteiger partial charge in [0.25, 0.3) is 5.91 Å². The first-order valence-corrected chi connectivity index (χ1v) is 10.3. The van der Waals surface area contributed by atoms with Gasteiger partial charge in [0, 0.05) is 32.6 Å². The van der Waals surface area contributed by atoms with Crippen molar-refractivity contribution in [1.82, 2.24) is 9.80 Å². The molecule has 0 unspecified atom stereocenters. The Hall–Kier alpha value is -3.54. The third-order valence-electron chi connectivity index (χ3n) is 5.82. The summed E-state index contributed by atoms with van der Waals surface area (Å²) in [7, 11) is 3.44. The number of likely N-dealkylation sites (tertiary alicyclic amines) is 1. The molecule has 1 aliphatic rings. The van der Waals surface area contributed by atoms with Crippen LogP contribution in [0.5, 0.6) is 5.75 Å². The van der Waals surface area contributed by atoms with Crippen molar-refractivity contribution in [2.45, 2.75) is 12.5 Å². The van der Waals surface area contributed by atoms with Crippen LogP contribution >= 0.6 is 0 Å². The second-order valence-electron chi connectivity index (χ2n) is 7.86. The average molecular weight is 418 g/mol. The number of hydrogen-bond donors (Lipinski definition) is 0. The Kier molecular flexibility index (Phi) is 6.07. The summed E-state index contributed by atoms with van der Waals surface area (Å²) >= 11 is 0. The topological polar surface area (TPSA) is 63.0 Å². The van der Waals surface area contributed by atoms with E-state index in [-0.39, 0.29) is 29.4 Å². The quantitative estimate of drug-likeness (QED) is 0.611. The number of carbonyl (C=O) groups is 2. The maximum atomic E-state index is 13.5. The van der Waals surface area contributed by atoms with Crippen molar-refractivity contribution in [2.24, 2.45) is 5.92 Å². The Balaban J connectivity index is 1.59. The van der Waals surface area contributed by atoms with E-state index in [0.29, 0.717) is 19.6 Å². The van der Waals surface area contributed by atoms with Crippen LogP contribution in [0.2, 0.25) is 0 Å². The fraction of sp³-hybridized carbons (Fsp3) is 0.280. The lowest BCUT2D eigenvalue weighted by atomic mass is 9.88. The lowest BCUT2D eigenvalue weighted by molar-refractivity contribution is -0.134. The van der Waals surface area contributed by atoms with Gasteiger partial charge in [-0.1, -0.05) is 42.5 Å². The minimum Gasteiger partial charge on any atom is -0.497 e. The summed E-state index contributed by atoms with van der Waals surface area (Å²) in [5.41, 5.74) is 2.05. The van der Waals surface area contributed by atoms with Gasteiger partial charge in [-0.05, 0) is 35.4 Å². The van der Waals surface area contributed by atoms with Crippen LogP contribution < -0.4 is 4.74 Å². The molecule has 0 spiro atoms. The third kappa shape index (κ3) is 4.48. The molecular weight excluding hydrogens is 392 g/mol. The van der Waals surface area contributed by atoms with Gasteiger partial charge in [0.2, 0.25) is 5.91 Å². The van der Waals surface area contributed by atoms with E-state index in [1.807, 2.05) is 61.6 Å².